The van der Waals surface area contributed by atoms with Gasteiger partial charge in [-0.3, -0.25) is 0 Å². The molecule has 0 aliphatic rings. The number of esters is 1. The van der Waals surface area contributed by atoms with E-state index < -0.39 is 38.9 Å². The van der Waals surface area contributed by atoms with Crippen molar-refractivity contribution in [2.45, 2.75) is 18.0 Å². The highest BCUT2D eigenvalue weighted by atomic mass is 32.2. The number of allylic oxidation sites excluding steroid dienone is 1. The monoisotopic (exact) mass is 508 g/mol. The summed E-state index contributed by atoms with van der Waals surface area (Å²) in [6.07, 6.45) is -2.74. The van der Waals surface area contributed by atoms with E-state index in [-0.39, 0.29) is 34.6 Å². The quantitative estimate of drug-likeness (QED) is 0.290. The highest BCUT2D eigenvalue weighted by molar-refractivity contribution is 7.90. The van der Waals surface area contributed by atoms with Gasteiger partial charge in [0.1, 0.15) is 11.4 Å². The number of para-hydroxylation sites is 1. The molecular weight excluding hydrogens is 489 g/mol. The van der Waals surface area contributed by atoms with Crippen molar-refractivity contribution in [1.82, 2.24) is 10.2 Å². The van der Waals surface area contributed by atoms with Crippen LogP contribution in [0.3, 0.4) is 0 Å². The standard InChI is InChI=1S/C22H19F3N4O5S/c1-3-33-21(30)16(26)12-18(27-17-10-5-4-9-15(17)22(23,24)25)20-29-28-19(34-20)13-7-6-8-14(11-13)35(2,31)32/h4-12H,3,26H2,1-2H3. The zero-order valence-corrected chi connectivity index (χ0v) is 19.2. The fraction of sp³-hybridized carbons (Fsp3) is 0.182. The number of aliphatic imine (C=N–C) groups is 1. The molecule has 0 radical (unpaired) electrons. The summed E-state index contributed by atoms with van der Waals surface area (Å²) in [5.74, 6) is -1.43. The van der Waals surface area contributed by atoms with E-state index in [1.165, 1.54) is 36.4 Å². The first-order valence-electron chi connectivity index (χ1n) is 9.93. The Morgan fingerprint density at radius 2 is 1.89 bits per heavy atom. The number of nitrogens with two attached hydrogens (primary N) is 1. The molecule has 1 aromatic heterocycles. The van der Waals surface area contributed by atoms with Crippen LogP contribution in [0.25, 0.3) is 11.5 Å². The summed E-state index contributed by atoms with van der Waals surface area (Å²) in [7, 11) is -3.53. The van der Waals surface area contributed by atoms with Gasteiger partial charge in [0.05, 0.1) is 22.8 Å². The maximum Gasteiger partial charge on any atom is 0.418 e. The Morgan fingerprint density at radius 1 is 1.17 bits per heavy atom. The van der Waals surface area contributed by atoms with E-state index in [2.05, 4.69) is 15.2 Å². The molecule has 0 bridgehead atoms. The van der Waals surface area contributed by atoms with E-state index in [1.54, 1.807) is 6.92 Å². The highest BCUT2D eigenvalue weighted by Crippen LogP contribution is 2.36. The fourth-order valence-electron chi connectivity index (χ4n) is 2.81. The van der Waals surface area contributed by atoms with Crippen molar-refractivity contribution in [3.8, 4) is 11.5 Å². The molecule has 184 valence electrons. The molecular formula is C22H19F3N4O5S. The zero-order valence-electron chi connectivity index (χ0n) is 18.4. The van der Waals surface area contributed by atoms with Gasteiger partial charge in [-0.15, -0.1) is 10.2 Å². The molecule has 0 saturated carbocycles. The summed E-state index contributed by atoms with van der Waals surface area (Å²) in [4.78, 5) is 15.9. The van der Waals surface area contributed by atoms with Gasteiger partial charge < -0.3 is 14.9 Å². The molecule has 0 fully saturated rings. The topological polar surface area (TPSA) is 138 Å². The SMILES string of the molecule is CCOC(=O)C(N)=CC(=Nc1ccccc1C(F)(F)F)c1nnc(-c2cccc(S(C)(=O)=O)c2)o1. The molecule has 0 aliphatic heterocycles. The largest absolute Gasteiger partial charge is 0.461 e. The van der Waals surface area contributed by atoms with Gasteiger partial charge in [0.25, 0.3) is 5.89 Å². The first-order valence-corrected chi connectivity index (χ1v) is 11.8. The van der Waals surface area contributed by atoms with Crippen molar-refractivity contribution >= 4 is 27.2 Å². The lowest BCUT2D eigenvalue weighted by Gasteiger charge is -2.10. The minimum Gasteiger partial charge on any atom is -0.461 e. The Morgan fingerprint density at radius 3 is 2.54 bits per heavy atom. The molecule has 1 heterocycles. The maximum absolute atomic E-state index is 13.5. The molecule has 35 heavy (non-hydrogen) atoms. The predicted octanol–water partition coefficient (Wildman–Crippen LogP) is 3.69. The van der Waals surface area contributed by atoms with Gasteiger partial charge in [0.15, 0.2) is 9.84 Å². The summed E-state index contributed by atoms with van der Waals surface area (Å²) in [5, 5.41) is 7.63. The number of carbonyl (C=O) groups is 1. The van der Waals surface area contributed by atoms with Crippen LogP contribution in [0.15, 0.2) is 74.6 Å². The maximum atomic E-state index is 13.5. The third-order valence-corrected chi connectivity index (χ3v) is 5.52. The minimum absolute atomic E-state index is 0.00537. The van der Waals surface area contributed by atoms with E-state index in [1.807, 2.05) is 0 Å². The normalized spacial score (nSPS) is 13.1. The number of hydrogen-bond acceptors (Lipinski definition) is 9. The van der Waals surface area contributed by atoms with E-state index in [4.69, 9.17) is 14.9 Å². The summed E-state index contributed by atoms with van der Waals surface area (Å²) in [6, 6.07) is 10.1. The molecule has 13 heteroatoms. The lowest BCUT2D eigenvalue weighted by Crippen LogP contribution is -2.17. The average Bonchev–Trinajstić information content (AvgIpc) is 3.28. The molecule has 0 amide bonds. The molecule has 0 atom stereocenters. The van der Waals surface area contributed by atoms with Crippen LogP contribution in [0.5, 0.6) is 0 Å². The number of benzene rings is 2. The summed E-state index contributed by atoms with van der Waals surface area (Å²) in [5.41, 5.74) is 3.64. The van der Waals surface area contributed by atoms with Gasteiger partial charge in [-0.05, 0) is 43.3 Å². The van der Waals surface area contributed by atoms with Crippen molar-refractivity contribution in [2.24, 2.45) is 10.7 Å². The predicted molar refractivity (Wildman–Crippen MR) is 119 cm³/mol. The lowest BCUT2D eigenvalue weighted by molar-refractivity contribution is -0.138. The average molecular weight is 508 g/mol. The summed E-state index contributed by atoms with van der Waals surface area (Å²) in [6.45, 7) is 1.56. The van der Waals surface area contributed by atoms with Crippen molar-refractivity contribution < 1.29 is 35.5 Å². The Hall–Kier alpha value is -4.00. The van der Waals surface area contributed by atoms with E-state index in [9.17, 15) is 26.4 Å². The molecule has 3 rings (SSSR count). The van der Waals surface area contributed by atoms with Crippen LogP contribution in [0.1, 0.15) is 18.4 Å². The number of rotatable bonds is 7. The fourth-order valence-corrected chi connectivity index (χ4v) is 3.47. The van der Waals surface area contributed by atoms with E-state index in [0.717, 1.165) is 24.5 Å². The van der Waals surface area contributed by atoms with Crippen LogP contribution in [0.2, 0.25) is 0 Å². The lowest BCUT2D eigenvalue weighted by atomic mass is 10.1. The highest BCUT2D eigenvalue weighted by Gasteiger charge is 2.33. The Labute approximate surface area is 198 Å². The first kappa shape index (κ1) is 25.6. The van der Waals surface area contributed by atoms with Crippen LogP contribution in [0, 0.1) is 0 Å². The van der Waals surface area contributed by atoms with Crippen molar-refractivity contribution in [3.05, 3.63) is 71.8 Å². The number of aromatic nitrogens is 2. The summed E-state index contributed by atoms with van der Waals surface area (Å²) < 4.78 is 74.4. The first-order chi connectivity index (χ1) is 16.4. The molecule has 2 aromatic carbocycles. The third kappa shape index (κ3) is 6.32. The van der Waals surface area contributed by atoms with Crippen LogP contribution in [-0.2, 0) is 25.5 Å². The van der Waals surface area contributed by atoms with Crippen molar-refractivity contribution in [3.63, 3.8) is 0 Å². The molecule has 3 aromatic rings. The van der Waals surface area contributed by atoms with Crippen molar-refractivity contribution in [2.75, 3.05) is 12.9 Å². The van der Waals surface area contributed by atoms with E-state index in [0.29, 0.717) is 0 Å². The molecule has 0 unspecified atom stereocenters. The van der Waals surface area contributed by atoms with Crippen LogP contribution >= 0.6 is 0 Å². The van der Waals surface area contributed by atoms with Gasteiger partial charge >= 0.3 is 12.1 Å². The number of ether oxygens (including phenoxy) is 1. The second-order valence-electron chi connectivity index (χ2n) is 7.04. The summed E-state index contributed by atoms with van der Waals surface area (Å²) >= 11 is 0. The van der Waals surface area contributed by atoms with Gasteiger partial charge in [-0.2, -0.15) is 13.2 Å². The molecule has 9 nitrogen and oxygen atoms in total. The van der Waals surface area contributed by atoms with Gasteiger partial charge in [0, 0.05) is 11.8 Å². The van der Waals surface area contributed by atoms with Crippen LogP contribution < -0.4 is 5.73 Å². The number of hydrogen-bond donors (Lipinski definition) is 1. The Balaban J connectivity index is 2.14. The van der Waals surface area contributed by atoms with Crippen LogP contribution in [-0.4, -0.2) is 43.2 Å². The minimum atomic E-state index is -4.71. The van der Waals surface area contributed by atoms with Gasteiger partial charge in [0.2, 0.25) is 5.89 Å². The Bertz CT molecular complexity index is 1410. The van der Waals surface area contributed by atoms with Crippen molar-refractivity contribution in [1.29, 1.82) is 0 Å². The van der Waals surface area contributed by atoms with E-state index >= 15 is 0 Å². The second kappa shape index (κ2) is 10.1. The molecule has 0 aliphatic carbocycles. The smallest absolute Gasteiger partial charge is 0.418 e. The Kier molecular flexibility index (Phi) is 7.39. The third-order valence-electron chi connectivity index (χ3n) is 4.41. The second-order valence-corrected chi connectivity index (χ2v) is 9.06. The zero-order chi connectivity index (χ0) is 25.8. The number of halogens is 3. The number of sulfone groups is 1. The molecule has 0 saturated heterocycles. The number of alkyl halides is 3. The van der Waals surface area contributed by atoms with Gasteiger partial charge in [-0.25, -0.2) is 18.2 Å². The number of carbonyl (C=O) groups excluding carboxylic acids is 1. The van der Waals surface area contributed by atoms with Gasteiger partial charge in [-0.1, -0.05) is 18.2 Å². The van der Waals surface area contributed by atoms with Crippen LogP contribution in [0.4, 0.5) is 18.9 Å². The molecule has 2 N–H and O–H groups in total. The molecule has 0 spiro atoms. The number of nitrogens with zero attached hydrogens (tertiary/aromatic N) is 3.